The molecule has 0 aromatic rings. The second kappa shape index (κ2) is 9.76. The van der Waals surface area contributed by atoms with Crippen molar-refractivity contribution in [1.29, 1.82) is 0 Å². The molecule has 0 fully saturated rings. The van der Waals surface area contributed by atoms with Crippen molar-refractivity contribution in [3.8, 4) is 0 Å². The number of hydrogen-bond donors (Lipinski definition) is 6. The smallest absolute Gasteiger partial charge is 0.322 e. The highest BCUT2D eigenvalue weighted by Gasteiger charge is 1.96. The largest absolute Gasteiger partial charge is 0.329 e. The van der Waals surface area contributed by atoms with Crippen LogP contribution in [0.4, 0.5) is 0 Å². The van der Waals surface area contributed by atoms with Gasteiger partial charge in [0.2, 0.25) is 0 Å². The van der Waals surface area contributed by atoms with Crippen molar-refractivity contribution in [3.05, 3.63) is 0 Å². The summed E-state index contributed by atoms with van der Waals surface area (Å²) in [6.45, 7) is 2.90. The lowest BCUT2D eigenvalue weighted by molar-refractivity contribution is 0.379. The van der Waals surface area contributed by atoms with E-state index in [9.17, 15) is 9.13 Å². The van der Waals surface area contributed by atoms with E-state index in [0.29, 0.717) is 13.1 Å². The molecule has 0 atom stereocenters. The van der Waals surface area contributed by atoms with Crippen LogP contribution in [0, 0.1) is 0 Å². The lowest BCUT2D eigenvalue weighted by Crippen LogP contribution is -2.11. The van der Waals surface area contributed by atoms with E-state index < -0.39 is 15.2 Å². The Balaban J connectivity index is -0.000000131. The fourth-order valence-corrected chi connectivity index (χ4v) is 0. The molecular formula is C4H18N2O6P2. The maximum absolute atomic E-state index is 9.33. The molecule has 0 spiro atoms. The van der Waals surface area contributed by atoms with E-state index in [1.807, 2.05) is 0 Å². The fourth-order valence-electron chi connectivity index (χ4n) is 0. The quantitative estimate of drug-likeness (QED) is 0.306. The van der Waals surface area contributed by atoms with Gasteiger partial charge in [0.15, 0.2) is 0 Å². The highest BCUT2D eigenvalue weighted by atomic mass is 31.2. The third-order valence-electron chi connectivity index (χ3n) is 0.167. The van der Waals surface area contributed by atoms with Crippen LogP contribution < -0.4 is 11.5 Å². The summed E-state index contributed by atoms with van der Waals surface area (Å²) in [5.41, 5.74) is 9.81. The van der Waals surface area contributed by atoms with Crippen LogP contribution in [-0.4, -0.2) is 46.0 Å². The lowest BCUT2D eigenvalue weighted by atomic mass is 10.7. The summed E-state index contributed by atoms with van der Waals surface area (Å²) >= 11 is 0. The summed E-state index contributed by atoms with van der Waals surface area (Å²) in [5.74, 6) is 0. The summed E-state index contributed by atoms with van der Waals surface area (Å²) in [7, 11) is -7.28. The van der Waals surface area contributed by atoms with Gasteiger partial charge in [-0.05, 0) is 0 Å². The molecule has 8 nitrogen and oxygen atoms in total. The van der Waals surface area contributed by atoms with Gasteiger partial charge in [-0.25, -0.2) is 0 Å². The third-order valence-corrected chi connectivity index (χ3v) is 0.167. The second-order valence-electron chi connectivity index (χ2n) is 2.25. The van der Waals surface area contributed by atoms with Gasteiger partial charge in [0, 0.05) is 26.4 Å². The van der Waals surface area contributed by atoms with E-state index in [1.165, 1.54) is 0 Å². The Morgan fingerprint density at radius 1 is 0.857 bits per heavy atom. The molecule has 0 aliphatic heterocycles. The molecule has 0 aromatic carbocycles. The zero-order chi connectivity index (χ0) is 12.4. The molecule has 0 rings (SSSR count). The molecule has 90 valence electrons. The molecule has 0 saturated carbocycles. The van der Waals surface area contributed by atoms with Crippen LogP contribution >= 0.6 is 15.2 Å². The molecule has 0 aliphatic rings. The molecule has 14 heavy (non-hydrogen) atoms. The molecule has 0 saturated heterocycles. The molecule has 10 heteroatoms. The van der Waals surface area contributed by atoms with Crippen LogP contribution in [0.5, 0.6) is 0 Å². The Morgan fingerprint density at radius 2 is 0.929 bits per heavy atom. The van der Waals surface area contributed by atoms with Crippen LogP contribution in [0.2, 0.25) is 0 Å². The van der Waals surface area contributed by atoms with Gasteiger partial charge in [-0.1, -0.05) is 0 Å². The first-order valence-electron chi connectivity index (χ1n) is 3.38. The van der Waals surface area contributed by atoms with Gasteiger partial charge >= 0.3 is 15.2 Å². The zero-order valence-corrected chi connectivity index (χ0v) is 9.86. The number of nitrogens with two attached hydrogens (primary N) is 2. The van der Waals surface area contributed by atoms with Crippen LogP contribution in [-0.2, 0) is 9.13 Å². The van der Waals surface area contributed by atoms with Gasteiger partial charge < -0.3 is 31.0 Å². The number of hydrogen-bond acceptors (Lipinski definition) is 4. The first kappa shape index (κ1) is 19.7. The van der Waals surface area contributed by atoms with E-state index in [0.717, 1.165) is 13.3 Å². The Kier molecular flexibility index (Phi) is 13.8. The average molecular weight is 252 g/mol. The average Bonchev–Trinajstić information content (AvgIpc) is 1.79. The summed E-state index contributed by atoms with van der Waals surface area (Å²) < 4.78 is 18.7. The maximum atomic E-state index is 9.33. The van der Waals surface area contributed by atoms with E-state index in [2.05, 4.69) is 0 Å². The minimum Gasteiger partial charge on any atom is -0.329 e. The van der Waals surface area contributed by atoms with E-state index in [-0.39, 0.29) is 0 Å². The second-order valence-corrected chi connectivity index (χ2v) is 5.59. The molecule has 0 aliphatic carbocycles. The number of rotatable bonds is 1. The predicted octanol–water partition coefficient (Wildman–Crippen LogP) is -1.51. The van der Waals surface area contributed by atoms with Crippen LogP contribution in [0.15, 0.2) is 0 Å². The molecule has 0 amide bonds. The zero-order valence-electron chi connectivity index (χ0n) is 8.07. The molecule has 8 N–H and O–H groups in total. The first-order valence-corrected chi connectivity index (χ1v) is 7.50. The minimum absolute atomic E-state index is 0.597. The van der Waals surface area contributed by atoms with Gasteiger partial charge in [-0.2, -0.15) is 0 Å². The van der Waals surface area contributed by atoms with Crippen LogP contribution in [0.25, 0.3) is 0 Å². The Bertz CT molecular complexity index is 159. The van der Waals surface area contributed by atoms with Gasteiger partial charge in [-0.15, -0.1) is 0 Å². The van der Waals surface area contributed by atoms with Gasteiger partial charge in [0.1, 0.15) is 0 Å². The molecule has 0 radical (unpaired) electrons. The SMILES string of the molecule is CP(=O)(O)O.CP(=O)(O)O.NCCN. The highest BCUT2D eigenvalue weighted by Crippen LogP contribution is 2.27. The topological polar surface area (TPSA) is 167 Å². The van der Waals surface area contributed by atoms with E-state index in [1.54, 1.807) is 0 Å². The summed E-state index contributed by atoms with van der Waals surface area (Å²) in [6, 6.07) is 0. The normalized spacial score (nSPS) is 10.6. The molecule has 0 aromatic heterocycles. The van der Waals surface area contributed by atoms with Crippen molar-refractivity contribution >= 4 is 15.2 Å². The van der Waals surface area contributed by atoms with Crippen molar-refractivity contribution in [2.24, 2.45) is 11.5 Å². The molecule has 0 heterocycles. The van der Waals surface area contributed by atoms with Crippen molar-refractivity contribution in [1.82, 2.24) is 0 Å². The van der Waals surface area contributed by atoms with Crippen LogP contribution in [0.3, 0.4) is 0 Å². The Labute approximate surface area is 82.6 Å². The maximum Gasteiger partial charge on any atom is 0.322 e. The predicted molar refractivity (Wildman–Crippen MR) is 54.0 cm³/mol. The van der Waals surface area contributed by atoms with Gasteiger partial charge in [0.05, 0.1) is 0 Å². The molecule has 0 bridgehead atoms. The van der Waals surface area contributed by atoms with E-state index >= 15 is 0 Å². The van der Waals surface area contributed by atoms with Gasteiger partial charge in [0.25, 0.3) is 0 Å². The lowest BCUT2D eigenvalue weighted by Gasteiger charge is -1.84. The summed E-state index contributed by atoms with van der Waals surface area (Å²) in [6.07, 6.45) is 0. The summed E-state index contributed by atoms with van der Waals surface area (Å²) in [4.78, 5) is 30.5. The molecular weight excluding hydrogens is 234 g/mol. The highest BCUT2D eigenvalue weighted by molar-refractivity contribution is 7.51. The van der Waals surface area contributed by atoms with Crippen LogP contribution in [0.1, 0.15) is 0 Å². The van der Waals surface area contributed by atoms with Crippen molar-refractivity contribution < 1.29 is 28.7 Å². The van der Waals surface area contributed by atoms with Crippen molar-refractivity contribution in [2.75, 3.05) is 26.4 Å². The Hall–Kier alpha value is 0.220. The standard InChI is InChI=1S/C2H8N2.2CH5O3P/c3-1-2-4;2*1-5(2,3)4/h1-4H2;2*1H3,(H2,2,3,4). The van der Waals surface area contributed by atoms with Gasteiger partial charge in [-0.3, -0.25) is 9.13 Å². The third kappa shape index (κ3) is 1030. The van der Waals surface area contributed by atoms with Crippen molar-refractivity contribution in [3.63, 3.8) is 0 Å². The molecule has 0 unspecified atom stereocenters. The van der Waals surface area contributed by atoms with Crippen molar-refractivity contribution in [2.45, 2.75) is 0 Å². The van der Waals surface area contributed by atoms with E-state index in [4.69, 9.17) is 31.0 Å². The fraction of sp³-hybridized carbons (Fsp3) is 1.00. The minimum atomic E-state index is -3.64. The first-order chi connectivity index (χ1) is 5.91. The monoisotopic (exact) mass is 252 g/mol. The summed E-state index contributed by atoms with van der Waals surface area (Å²) in [5, 5.41) is 0. The Morgan fingerprint density at radius 3 is 0.929 bits per heavy atom.